The van der Waals surface area contributed by atoms with Crippen molar-refractivity contribution in [2.45, 2.75) is 32.4 Å². The van der Waals surface area contributed by atoms with Gasteiger partial charge in [-0.2, -0.15) is 0 Å². The number of rotatable bonds is 2. The topological polar surface area (TPSA) is 64.6 Å². The van der Waals surface area contributed by atoms with Gasteiger partial charge in [0.25, 0.3) is 0 Å². The highest BCUT2D eigenvalue weighted by molar-refractivity contribution is 8.04. The predicted octanol–water partition coefficient (Wildman–Crippen LogP) is 1.68. The molecule has 1 aliphatic rings. The second-order valence-electron chi connectivity index (χ2n) is 4.59. The second kappa shape index (κ2) is 5.44. The van der Waals surface area contributed by atoms with E-state index in [-0.39, 0.29) is 12.0 Å². The molecule has 6 heteroatoms. The first-order chi connectivity index (χ1) is 7.81. The molecule has 0 spiro atoms. The van der Waals surface area contributed by atoms with Crippen molar-refractivity contribution in [2.24, 2.45) is 0 Å². The zero-order valence-corrected chi connectivity index (χ0v) is 11.2. The third kappa shape index (κ3) is 4.68. The smallest absolute Gasteiger partial charge is 0.408 e. The first-order valence-electron chi connectivity index (χ1n) is 5.24. The second-order valence-corrected chi connectivity index (χ2v) is 5.65. The van der Waals surface area contributed by atoms with Gasteiger partial charge in [-0.15, -0.1) is 11.8 Å². The van der Waals surface area contributed by atoms with Gasteiger partial charge >= 0.3 is 12.1 Å². The Labute approximate surface area is 105 Å². The highest BCUT2D eigenvalue weighted by Gasteiger charge is 2.25. The third-order valence-corrected chi connectivity index (χ3v) is 3.00. The minimum atomic E-state index is -0.523. The van der Waals surface area contributed by atoms with E-state index in [1.807, 2.05) is 0 Å². The molecule has 1 amide bonds. The fourth-order valence-electron chi connectivity index (χ4n) is 1.23. The molecular formula is C11H17NO4S. The number of methoxy groups -OCH3 is 1. The van der Waals surface area contributed by atoms with E-state index in [4.69, 9.17) is 4.74 Å². The number of nitrogens with one attached hydrogen (secondary N) is 1. The summed E-state index contributed by atoms with van der Waals surface area (Å²) in [5, 5.41) is 2.68. The van der Waals surface area contributed by atoms with Crippen molar-refractivity contribution in [3.8, 4) is 0 Å². The lowest BCUT2D eigenvalue weighted by Gasteiger charge is -2.21. The number of ether oxygens (including phenoxy) is 2. The summed E-state index contributed by atoms with van der Waals surface area (Å²) in [5.74, 6) is 0.243. The summed E-state index contributed by atoms with van der Waals surface area (Å²) in [5.41, 5.74) is -0.523. The van der Waals surface area contributed by atoms with Gasteiger partial charge in [0, 0.05) is 5.75 Å². The lowest BCUT2D eigenvalue weighted by molar-refractivity contribution is -0.135. The van der Waals surface area contributed by atoms with E-state index in [0.717, 1.165) is 0 Å². The van der Waals surface area contributed by atoms with Gasteiger partial charge in [-0.05, 0) is 26.8 Å². The van der Waals surface area contributed by atoms with Crippen molar-refractivity contribution in [3.05, 3.63) is 11.0 Å². The van der Waals surface area contributed by atoms with Crippen LogP contribution in [0.25, 0.3) is 0 Å². The van der Waals surface area contributed by atoms with Crippen LogP contribution in [0.4, 0.5) is 4.79 Å². The molecule has 0 aromatic heterocycles. The van der Waals surface area contributed by atoms with E-state index in [1.54, 1.807) is 26.8 Å². The quantitative estimate of drug-likeness (QED) is 0.764. The van der Waals surface area contributed by atoms with Crippen LogP contribution in [0, 0.1) is 0 Å². The van der Waals surface area contributed by atoms with Gasteiger partial charge in [0.1, 0.15) is 5.60 Å². The first-order valence-corrected chi connectivity index (χ1v) is 6.23. The lowest BCUT2D eigenvalue weighted by atomic mass is 10.2. The standard InChI is InChI=1S/C11H17NO4S/c1-11(2,3)16-10(14)12-7-5-8(17-6-7)9(13)15-4/h5,7H,6H2,1-4H3,(H,12,14). The number of thioether (sulfide) groups is 1. The maximum Gasteiger partial charge on any atom is 0.408 e. The zero-order valence-electron chi connectivity index (χ0n) is 10.4. The van der Waals surface area contributed by atoms with Crippen LogP contribution in [0.3, 0.4) is 0 Å². The van der Waals surface area contributed by atoms with Gasteiger partial charge in [0.05, 0.1) is 18.1 Å². The Balaban J connectivity index is 2.47. The molecular weight excluding hydrogens is 242 g/mol. The van der Waals surface area contributed by atoms with Crippen LogP contribution in [0.1, 0.15) is 20.8 Å². The van der Waals surface area contributed by atoms with Crippen molar-refractivity contribution in [2.75, 3.05) is 12.9 Å². The number of amides is 1. The summed E-state index contributed by atoms with van der Waals surface area (Å²) in [7, 11) is 1.33. The summed E-state index contributed by atoms with van der Waals surface area (Å²) in [6, 6.07) is -0.191. The molecule has 0 bridgehead atoms. The van der Waals surface area contributed by atoms with Crippen molar-refractivity contribution < 1.29 is 19.1 Å². The van der Waals surface area contributed by atoms with Crippen LogP contribution in [0.2, 0.25) is 0 Å². The molecule has 0 aliphatic carbocycles. The van der Waals surface area contributed by atoms with Crippen LogP contribution in [0.5, 0.6) is 0 Å². The molecule has 1 atom stereocenters. The van der Waals surface area contributed by atoms with Crippen molar-refractivity contribution in [1.82, 2.24) is 5.32 Å². The van der Waals surface area contributed by atoms with E-state index >= 15 is 0 Å². The largest absolute Gasteiger partial charge is 0.465 e. The Morgan fingerprint density at radius 1 is 1.47 bits per heavy atom. The molecule has 5 nitrogen and oxygen atoms in total. The average Bonchev–Trinajstić information content (AvgIpc) is 2.62. The third-order valence-electron chi connectivity index (χ3n) is 1.86. The molecule has 0 saturated heterocycles. The molecule has 17 heavy (non-hydrogen) atoms. The minimum absolute atomic E-state index is 0.191. The Bertz CT molecular complexity index is 346. The van der Waals surface area contributed by atoms with E-state index in [2.05, 4.69) is 10.1 Å². The predicted molar refractivity (Wildman–Crippen MR) is 65.7 cm³/mol. The molecule has 1 N–H and O–H groups in total. The zero-order chi connectivity index (χ0) is 13.1. The fraction of sp³-hybridized carbons (Fsp3) is 0.636. The molecule has 0 aromatic rings. The van der Waals surface area contributed by atoms with E-state index in [1.165, 1.54) is 18.9 Å². The normalized spacial score (nSPS) is 19.5. The Kier molecular flexibility index (Phi) is 4.45. The summed E-state index contributed by atoms with van der Waals surface area (Å²) in [6.45, 7) is 5.39. The monoisotopic (exact) mass is 259 g/mol. The Morgan fingerprint density at radius 2 is 2.12 bits per heavy atom. The molecule has 0 radical (unpaired) electrons. The summed E-state index contributed by atoms with van der Waals surface area (Å²) in [4.78, 5) is 23.2. The Hall–Kier alpha value is -1.17. The highest BCUT2D eigenvalue weighted by Crippen LogP contribution is 2.26. The van der Waals surface area contributed by atoms with Crippen molar-refractivity contribution >= 4 is 23.8 Å². The minimum Gasteiger partial charge on any atom is -0.465 e. The number of alkyl carbamates (subject to hydrolysis) is 1. The number of carbonyl (C=O) groups is 2. The summed E-state index contributed by atoms with van der Waals surface area (Å²) < 4.78 is 9.71. The lowest BCUT2D eigenvalue weighted by Crippen LogP contribution is -2.38. The van der Waals surface area contributed by atoms with Gasteiger partial charge in [0.2, 0.25) is 0 Å². The van der Waals surface area contributed by atoms with E-state index in [0.29, 0.717) is 10.7 Å². The average molecular weight is 259 g/mol. The number of hydrogen-bond acceptors (Lipinski definition) is 5. The number of carbonyl (C=O) groups excluding carboxylic acids is 2. The van der Waals surface area contributed by atoms with E-state index in [9.17, 15) is 9.59 Å². The van der Waals surface area contributed by atoms with Crippen LogP contribution < -0.4 is 5.32 Å². The van der Waals surface area contributed by atoms with Gasteiger partial charge in [-0.25, -0.2) is 9.59 Å². The van der Waals surface area contributed by atoms with E-state index < -0.39 is 11.7 Å². The van der Waals surface area contributed by atoms with Gasteiger partial charge in [-0.1, -0.05) is 0 Å². The van der Waals surface area contributed by atoms with Gasteiger partial charge < -0.3 is 14.8 Å². The summed E-state index contributed by atoms with van der Waals surface area (Å²) >= 11 is 1.36. The number of esters is 1. The van der Waals surface area contributed by atoms with Crippen LogP contribution in [0.15, 0.2) is 11.0 Å². The maximum atomic E-state index is 11.5. The first kappa shape index (κ1) is 13.9. The van der Waals surface area contributed by atoms with Crippen LogP contribution >= 0.6 is 11.8 Å². The maximum absolute atomic E-state index is 11.5. The van der Waals surface area contributed by atoms with Gasteiger partial charge in [0.15, 0.2) is 0 Å². The Morgan fingerprint density at radius 3 is 2.65 bits per heavy atom. The van der Waals surface area contributed by atoms with Crippen LogP contribution in [-0.2, 0) is 14.3 Å². The molecule has 1 aliphatic heterocycles. The van der Waals surface area contributed by atoms with Crippen molar-refractivity contribution in [3.63, 3.8) is 0 Å². The molecule has 1 rings (SSSR count). The highest BCUT2D eigenvalue weighted by atomic mass is 32.2. The molecule has 0 aromatic carbocycles. The van der Waals surface area contributed by atoms with Gasteiger partial charge in [-0.3, -0.25) is 0 Å². The molecule has 1 heterocycles. The molecule has 1 unspecified atom stereocenters. The fourth-order valence-corrected chi connectivity index (χ4v) is 2.23. The van der Waals surface area contributed by atoms with Crippen LogP contribution in [-0.4, -0.2) is 36.6 Å². The SMILES string of the molecule is COC(=O)C1=CC(NC(=O)OC(C)(C)C)CS1. The molecule has 96 valence electrons. The number of hydrogen-bond donors (Lipinski definition) is 1. The molecule has 0 saturated carbocycles. The molecule has 0 fully saturated rings. The van der Waals surface area contributed by atoms with Crippen molar-refractivity contribution in [1.29, 1.82) is 0 Å². The summed E-state index contributed by atoms with van der Waals surface area (Å²) in [6.07, 6.45) is 1.20.